The molecule has 30 heavy (non-hydrogen) atoms. The van der Waals surface area contributed by atoms with Crippen LogP contribution < -0.4 is 15.4 Å². The van der Waals surface area contributed by atoms with E-state index in [2.05, 4.69) is 51.7 Å². The van der Waals surface area contributed by atoms with Gasteiger partial charge in [0, 0.05) is 31.4 Å². The lowest BCUT2D eigenvalue weighted by Crippen LogP contribution is -2.39. The molecule has 2 N–H and O–H groups in total. The standard InChI is InChI=1S/C23H33N5O.HI/c1-3-24-23(26-14-12-20-10-4-5-13-25-20)27-18-22(28-15-6-7-16-28)19-9-8-11-21(17-19)29-2;/h4-5,8-11,13,17,22H,3,6-7,12,14-16,18H2,1-2H3,(H2,24,26,27);1H. The van der Waals surface area contributed by atoms with Crippen molar-refractivity contribution >= 4 is 29.9 Å². The molecule has 0 bridgehead atoms. The lowest BCUT2D eigenvalue weighted by Gasteiger charge is -2.27. The summed E-state index contributed by atoms with van der Waals surface area (Å²) in [5, 5.41) is 6.81. The highest BCUT2D eigenvalue weighted by atomic mass is 127. The molecule has 7 heteroatoms. The normalized spacial score (nSPS) is 15.3. The zero-order chi connectivity index (χ0) is 20.3. The number of pyridine rings is 1. The zero-order valence-corrected chi connectivity index (χ0v) is 20.3. The highest BCUT2D eigenvalue weighted by Gasteiger charge is 2.23. The highest BCUT2D eigenvalue weighted by molar-refractivity contribution is 14.0. The molecule has 0 saturated carbocycles. The number of hydrogen-bond acceptors (Lipinski definition) is 4. The second-order valence-electron chi connectivity index (χ2n) is 7.25. The van der Waals surface area contributed by atoms with Crippen LogP contribution in [0.2, 0.25) is 0 Å². The topological polar surface area (TPSA) is 61.8 Å². The number of aromatic nitrogens is 1. The molecule has 1 atom stereocenters. The van der Waals surface area contributed by atoms with E-state index in [-0.39, 0.29) is 30.0 Å². The zero-order valence-electron chi connectivity index (χ0n) is 18.0. The first-order valence-corrected chi connectivity index (χ1v) is 10.6. The molecule has 3 rings (SSSR count). The Bertz CT molecular complexity index is 765. The first-order valence-electron chi connectivity index (χ1n) is 10.6. The van der Waals surface area contributed by atoms with Gasteiger partial charge >= 0.3 is 0 Å². The molecule has 6 nitrogen and oxygen atoms in total. The van der Waals surface area contributed by atoms with Crippen LogP contribution in [-0.2, 0) is 6.42 Å². The summed E-state index contributed by atoms with van der Waals surface area (Å²) in [5.41, 5.74) is 2.35. The Labute approximate surface area is 197 Å². The Balaban J connectivity index is 0.00000320. The van der Waals surface area contributed by atoms with Gasteiger partial charge in [0.25, 0.3) is 0 Å². The molecule has 1 aliphatic rings. The molecule has 0 spiro atoms. The van der Waals surface area contributed by atoms with Gasteiger partial charge in [-0.25, -0.2) is 0 Å². The number of nitrogens with one attached hydrogen (secondary N) is 2. The van der Waals surface area contributed by atoms with Crippen LogP contribution in [0.1, 0.15) is 37.1 Å². The quantitative estimate of drug-likeness (QED) is 0.299. The maximum absolute atomic E-state index is 5.44. The molecule has 1 aliphatic heterocycles. The maximum atomic E-state index is 5.44. The summed E-state index contributed by atoms with van der Waals surface area (Å²) in [6, 6.07) is 14.7. The summed E-state index contributed by atoms with van der Waals surface area (Å²) >= 11 is 0. The maximum Gasteiger partial charge on any atom is 0.191 e. The second-order valence-corrected chi connectivity index (χ2v) is 7.25. The lowest BCUT2D eigenvalue weighted by atomic mass is 10.1. The molecule has 0 aliphatic carbocycles. The van der Waals surface area contributed by atoms with E-state index in [1.807, 2.05) is 24.4 Å². The molecule has 1 aromatic heterocycles. The summed E-state index contributed by atoms with van der Waals surface area (Å²) in [5.74, 6) is 1.76. The number of likely N-dealkylation sites (tertiary alicyclic amines) is 1. The van der Waals surface area contributed by atoms with Crippen molar-refractivity contribution < 1.29 is 4.74 Å². The highest BCUT2D eigenvalue weighted by Crippen LogP contribution is 2.27. The first kappa shape index (κ1) is 24.4. The van der Waals surface area contributed by atoms with Crippen LogP contribution in [0.25, 0.3) is 0 Å². The minimum atomic E-state index is 0. The van der Waals surface area contributed by atoms with Gasteiger partial charge in [0.05, 0.1) is 19.7 Å². The van der Waals surface area contributed by atoms with Gasteiger partial charge in [0.15, 0.2) is 5.96 Å². The third-order valence-electron chi connectivity index (χ3n) is 5.23. The van der Waals surface area contributed by atoms with Crippen LogP contribution in [0.4, 0.5) is 0 Å². The van der Waals surface area contributed by atoms with E-state index in [1.54, 1.807) is 7.11 Å². The number of benzene rings is 1. The van der Waals surface area contributed by atoms with E-state index < -0.39 is 0 Å². The third kappa shape index (κ3) is 7.43. The number of ether oxygens (including phenoxy) is 1. The summed E-state index contributed by atoms with van der Waals surface area (Å²) in [7, 11) is 1.72. The Morgan fingerprint density at radius 3 is 2.70 bits per heavy atom. The van der Waals surface area contributed by atoms with Crippen LogP contribution in [0.3, 0.4) is 0 Å². The molecular formula is C23H34IN5O. The predicted octanol–water partition coefficient (Wildman–Crippen LogP) is 3.64. The second kappa shape index (κ2) is 13.4. The van der Waals surface area contributed by atoms with Crippen LogP contribution in [0.15, 0.2) is 53.7 Å². The smallest absolute Gasteiger partial charge is 0.191 e. The Kier molecular flexibility index (Phi) is 10.9. The molecule has 1 fully saturated rings. The first-order chi connectivity index (χ1) is 14.3. The van der Waals surface area contributed by atoms with E-state index in [9.17, 15) is 0 Å². The van der Waals surface area contributed by atoms with E-state index in [1.165, 1.54) is 18.4 Å². The molecule has 2 heterocycles. The number of methoxy groups -OCH3 is 1. The van der Waals surface area contributed by atoms with E-state index in [0.717, 1.165) is 50.0 Å². The van der Waals surface area contributed by atoms with Crippen molar-refractivity contribution in [3.63, 3.8) is 0 Å². The molecular weight excluding hydrogens is 489 g/mol. The van der Waals surface area contributed by atoms with Crippen molar-refractivity contribution in [3.8, 4) is 5.75 Å². The molecule has 1 aromatic carbocycles. The van der Waals surface area contributed by atoms with Crippen molar-refractivity contribution in [1.29, 1.82) is 0 Å². The SMILES string of the molecule is CCNC(=NCC(c1cccc(OC)c1)N1CCCC1)NCCc1ccccn1.I. The largest absolute Gasteiger partial charge is 0.497 e. The van der Waals surface area contributed by atoms with Crippen LogP contribution >= 0.6 is 24.0 Å². The fraction of sp³-hybridized carbons (Fsp3) is 0.478. The van der Waals surface area contributed by atoms with Gasteiger partial charge in [-0.1, -0.05) is 18.2 Å². The Morgan fingerprint density at radius 1 is 1.17 bits per heavy atom. The summed E-state index contributed by atoms with van der Waals surface area (Å²) in [6.45, 7) is 6.70. The van der Waals surface area contributed by atoms with Gasteiger partial charge in [0.2, 0.25) is 0 Å². The van der Waals surface area contributed by atoms with Crippen LogP contribution in [-0.4, -0.2) is 55.7 Å². The average Bonchev–Trinajstić information content (AvgIpc) is 3.29. The van der Waals surface area contributed by atoms with Crippen molar-refractivity contribution in [2.45, 2.75) is 32.2 Å². The molecule has 1 unspecified atom stereocenters. The van der Waals surface area contributed by atoms with Gasteiger partial charge in [0.1, 0.15) is 5.75 Å². The van der Waals surface area contributed by atoms with Gasteiger partial charge < -0.3 is 15.4 Å². The number of guanidine groups is 1. The minimum absolute atomic E-state index is 0. The van der Waals surface area contributed by atoms with Gasteiger partial charge in [-0.05, 0) is 62.7 Å². The van der Waals surface area contributed by atoms with Crippen LogP contribution in [0, 0.1) is 0 Å². The molecule has 164 valence electrons. The monoisotopic (exact) mass is 523 g/mol. The van der Waals surface area contributed by atoms with E-state index >= 15 is 0 Å². The van der Waals surface area contributed by atoms with Crippen molar-refractivity contribution in [3.05, 3.63) is 59.9 Å². The van der Waals surface area contributed by atoms with Gasteiger partial charge in [-0.2, -0.15) is 0 Å². The number of hydrogen-bond donors (Lipinski definition) is 2. The number of halogens is 1. The van der Waals surface area contributed by atoms with Crippen molar-refractivity contribution in [2.75, 3.05) is 39.8 Å². The third-order valence-corrected chi connectivity index (χ3v) is 5.23. The van der Waals surface area contributed by atoms with Crippen LogP contribution in [0.5, 0.6) is 5.75 Å². The van der Waals surface area contributed by atoms with Gasteiger partial charge in [-0.15, -0.1) is 24.0 Å². The molecule has 1 saturated heterocycles. The van der Waals surface area contributed by atoms with Crippen molar-refractivity contribution in [2.24, 2.45) is 4.99 Å². The molecule has 0 radical (unpaired) electrons. The fourth-order valence-corrected chi connectivity index (χ4v) is 3.71. The number of aliphatic imine (C=N–C) groups is 1. The van der Waals surface area contributed by atoms with E-state index in [4.69, 9.17) is 9.73 Å². The predicted molar refractivity (Wildman–Crippen MR) is 134 cm³/mol. The Morgan fingerprint density at radius 2 is 2.00 bits per heavy atom. The molecule has 2 aromatic rings. The minimum Gasteiger partial charge on any atom is -0.497 e. The summed E-state index contributed by atoms with van der Waals surface area (Å²) in [4.78, 5) is 11.8. The Hall–Kier alpha value is -1.87. The lowest BCUT2D eigenvalue weighted by molar-refractivity contribution is 0.251. The number of rotatable bonds is 9. The fourth-order valence-electron chi connectivity index (χ4n) is 3.71. The summed E-state index contributed by atoms with van der Waals surface area (Å²) < 4.78 is 5.44. The molecule has 0 amide bonds. The number of nitrogens with zero attached hydrogens (tertiary/aromatic N) is 3. The van der Waals surface area contributed by atoms with Gasteiger partial charge in [-0.3, -0.25) is 14.9 Å². The van der Waals surface area contributed by atoms with Crippen molar-refractivity contribution in [1.82, 2.24) is 20.5 Å². The summed E-state index contributed by atoms with van der Waals surface area (Å²) in [6.07, 6.45) is 5.22. The van der Waals surface area contributed by atoms with E-state index in [0.29, 0.717) is 6.54 Å². The average molecular weight is 523 g/mol.